The first kappa shape index (κ1) is 26.7. The van der Waals surface area contributed by atoms with E-state index < -0.39 is 5.79 Å². The van der Waals surface area contributed by atoms with Crippen molar-refractivity contribution in [3.8, 4) is 17.1 Å². The molecule has 2 fully saturated rings. The number of amides is 1. The van der Waals surface area contributed by atoms with Crippen LogP contribution in [-0.4, -0.2) is 62.6 Å². The van der Waals surface area contributed by atoms with E-state index in [0.717, 1.165) is 21.8 Å². The summed E-state index contributed by atoms with van der Waals surface area (Å²) in [7, 11) is 0. The van der Waals surface area contributed by atoms with Gasteiger partial charge in [0.1, 0.15) is 10.7 Å². The van der Waals surface area contributed by atoms with Gasteiger partial charge in [0.2, 0.25) is 0 Å². The fourth-order valence-corrected chi connectivity index (χ4v) is 6.94. The molecule has 6 rings (SSSR count). The lowest BCUT2D eigenvalue weighted by molar-refractivity contribution is -0.181. The Morgan fingerprint density at radius 1 is 1.10 bits per heavy atom. The number of nitrogens with zero attached hydrogens (tertiary/aromatic N) is 5. The van der Waals surface area contributed by atoms with Crippen LogP contribution in [0.1, 0.15) is 33.9 Å². The van der Waals surface area contributed by atoms with Crippen molar-refractivity contribution in [1.82, 2.24) is 24.6 Å². The van der Waals surface area contributed by atoms with Crippen molar-refractivity contribution in [2.24, 2.45) is 0 Å². The Labute approximate surface area is 244 Å². The number of benzene rings is 2. The molecule has 2 aromatic heterocycles. The Morgan fingerprint density at radius 2 is 1.87 bits per heavy atom. The van der Waals surface area contributed by atoms with Crippen LogP contribution >= 0.6 is 46.3 Å². The number of thiazole rings is 1. The molecule has 1 amide bonds. The molecule has 0 bridgehead atoms. The molecule has 39 heavy (non-hydrogen) atoms. The first-order valence-electron chi connectivity index (χ1n) is 12.5. The van der Waals surface area contributed by atoms with Gasteiger partial charge in [0.15, 0.2) is 16.8 Å². The Bertz CT molecular complexity index is 1510. The third kappa shape index (κ3) is 5.46. The van der Waals surface area contributed by atoms with Crippen LogP contribution in [0, 0.1) is 6.92 Å². The minimum absolute atomic E-state index is 0.0610. The molecule has 0 N–H and O–H groups in total. The largest absolute Gasteiger partial charge is 0.347 e. The van der Waals surface area contributed by atoms with Gasteiger partial charge in [0.05, 0.1) is 29.7 Å². The van der Waals surface area contributed by atoms with Crippen LogP contribution < -0.4 is 0 Å². The number of piperidine rings is 1. The fraction of sp³-hybridized carbons (Fsp3) is 0.333. The maximum Gasteiger partial charge on any atom is 0.273 e. The van der Waals surface area contributed by atoms with Crippen molar-refractivity contribution >= 4 is 52.2 Å². The highest BCUT2D eigenvalue weighted by molar-refractivity contribution is 7.98. The molecule has 8 nitrogen and oxygen atoms in total. The van der Waals surface area contributed by atoms with Gasteiger partial charge in [0.25, 0.3) is 5.91 Å². The summed E-state index contributed by atoms with van der Waals surface area (Å²) in [6.07, 6.45) is 1.36. The monoisotopic (exact) mass is 601 g/mol. The van der Waals surface area contributed by atoms with Gasteiger partial charge in [-0.1, -0.05) is 53.2 Å². The van der Waals surface area contributed by atoms with Crippen molar-refractivity contribution in [2.75, 3.05) is 26.3 Å². The average Bonchev–Trinajstić information content (AvgIpc) is 3.70. The minimum atomic E-state index is -0.513. The number of hydrogen-bond donors (Lipinski definition) is 0. The van der Waals surface area contributed by atoms with E-state index in [2.05, 4.69) is 15.2 Å². The van der Waals surface area contributed by atoms with Crippen LogP contribution in [-0.2, 0) is 15.2 Å². The van der Waals surface area contributed by atoms with E-state index in [0.29, 0.717) is 71.6 Å². The third-order valence-corrected chi connectivity index (χ3v) is 9.42. The van der Waals surface area contributed by atoms with Gasteiger partial charge in [0, 0.05) is 41.9 Å². The normalized spacial score (nSPS) is 16.7. The summed E-state index contributed by atoms with van der Waals surface area (Å²) in [4.78, 5) is 19.6. The topological polar surface area (TPSA) is 82.4 Å². The zero-order valence-electron chi connectivity index (χ0n) is 21.1. The van der Waals surface area contributed by atoms with Gasteiger partial charge in [-0.3, -0.25) is 9.36 Å². The van der Waals surface area contributed by atoms with Gasteiger partial charge in [-0.25, -0.2) is 4.98 Å². The maximum absolute atomic E-state index is 13.1. The van der Waals surface area contributed by atoms with Gasteiger partial charge < -0.3 is 14.4 Å². The quantitative estimate of drug-likeness (QED) is 0.241. The molecule has 0 aliphatic carbocycles. The molecule has 202 valence electrons. The van der Waals surface area contributed by atoms with Crippen molar-refractivity contribution < 1.29 is 14.3 Å². The number of aromatic nitrogens is 4. The van der Waals surface area contributed by atoms with Crippen LogP contribution in [0.5, 0.6) is 0 Å². The summed E-state index contributed by atoms with van der Waals surface area (Å²) in [6, 6.07) is 13.3. The van der Waals surface area contributed by atoms with Crippen molar-refractivity contribution in [1.29, 1.82) is 0 Å². The molecule has 1 spiro atoms. The lowest BCUT2D eigenvalue weighted by atomic mass is 10.0. The van der Waals surface area contributed by atoms with Crippen LogP contribution in [0.4, 0.5) is 0 Å². The highest BCUT2D eigenvalue weighted by atomic mass is 35.5. The van der Waals surface area contributed by atoms with E-state index in [-0.39, 0.29) is 5.91 Å². The van der Waals surface area contributed by atoms with Gasteiger partial charge in [-0.2, -0.15) is 0 Å². The molecular weight excluding hydrogens is 577 g/mol. The number of thioether (sulfide) groups is 1. The lowest BCUT2D eigenvalue weighted by Gasteiger charge is -2.37. The predicted molar refractivity (Wildman–Crippen MR) is 153 cm³/mol. The van der Waals surface area contributed by atoms with Crippen molar-refractivity contribution in [3.63, 3.8) is 0 Å². The summed E-state index contributed by atoms with van der Waals surface area (Å²) in [5.74, 6) is 0.583. The smallest absolute Gasteiger partial charge is 0.273 e. The molecule has 2 aromatic carbocycles. The first-order valence-corrected chi connectivity index (χ1v) is 15.2. The van der Waals surface area contributed by atoms with Crippen LogP contribution in [0.2, 0.25) is 10.0 Å². The molecule has 0 saturated carbocycles. The Kier molecular flexibility index (Phi) is 7.67. The Balaban J connectivity index is 1.21. The Hall–Kier alpha value is -2.47. The Morgan fingerprint density at radius 3 is 2.64 bits per heavy atom. The van der Waals surface area contributed by atoms with Crippen LogP contribution in [0.25, 0.3) is 17.1 Å². The first-order chi connectivity index (χ1) is 18.9. The fourth-order valence-electron chi connectivity index (χ4n) is 4.82. The summed E-state index contributed by atoms with van der Waals surface area (Å²) in [5, 5.41) is 13.5. The molecule has 2 aliphatic rings. The minimum Gasteiger partial charge on any atom is -0.347 e. The molecule has 0 atom stereocenters. The zero-order valence-corrected chi connectivity index (χ0v) is 24.2. The van der Waals surface area contributed by atoms with E-state index in [1.165, 1.54) is 23.1 Å². The summed E-state index contributed by atoms with van der Waals surface area (Å²) in [6.45, 7) is 4.43. The van der Waals surface area contributed by atoms with Gasteiger partial charge >= 0.3 is 0 Å². The lowest BCUT2D eigenvalue weighted by Crippen LogP contribution is -2.47. The summed E-state index contributed by atoms with van der Waals surface area (Å²) < 4.78 is 13.5. The maximum atomic E-state index is 13.1. The second kappa shape index (κ2) is 11.2. The van der Waals surface area contributed by atoms with E-state index in [4.69, 9.17) is 32.7 Å². The number of aryl methyl sites for hydroxylation is 1. The number of carbonyl (C=O) groups is 1. The van der Waals surface area contributed by atoms with Crippen LogP contribution in [0.15, 0.2) is 53.0 Å². The highest BCUT2D eigenvalue weighted by Gasteiger charge is 2.41. The molecule has 4 aromatic rings. The standard InChI is InChI=1S/C27H25Cl2N5O3S2/c1-17-6-7-18(28)14-22(17)34-24(19-4-2-3-5-20(19)29)31-32-26(34)39-16-23-30-21(15-38-23)25(35)33-10-8-27(9-11-33)36-12-13-37-27/h2-7,14-15H,8-13,16H2,1H3. The van der Waals surface area contributed by atoms with E-state index >= 15 is 0 Å². The summed E-state index contributed by atoms with van der Waals surface area (Å²) >= 11 is 15.9. The van der Waals surface area contributed by atoms with Crippen molar-refractivity contribution in [3.05, 3.63) is 74.2 Å². The molecule has 0 radical (unpaired) electrons. The van der Waals surface area contributed by atoms with E-state index in [1.54, 1.807) is 0 Å². The second-order valence-corrected chi connectivity index (χ2v) is 12.1. The third-order valence-electron chi connectivity index (χ3n) is 6.88. The van der Waals surface area contributed by atoms with Crippen molar-refractivity contribution in [2.45, 2.75) is 36.5 Å². The summed E-state index contributed by atoms with van der Waals surface area (Å²) in [5.41, 5.74) is 3.13. The molecular formula is C27H25Cl2N5O3S2. The molecule has 2 saturated heterocycles. The molecule has 12 heteroatoms. The molecule has 0 unspecified atom stereocenters. The van der Waals surface area contributed by atoms with Crippen LogP contribution in [0.3, 0.4) is 0 Å². The average molecular weight is 603 g/mol. The van der Waals surface area contributed by atoms with Gasteiger partial charge in [-0.15, -0.1) is 21.5 Å². The number of ether oxygens (including phenoxy) is 2. The SMILES string of the molecule is Cc1ccc(Cl)cc1-n1c(SCc2nc(C(=O)N3CCC4(CC3)OCCO4)cs2)nnc1-c1ccccc1Cl. The second-order valence-electron chi connectivity index (χ2n) is 9.37. The predicted octanol–water partition coefficient (Wildman–Crippen LogP) is 6.28. The number of rotatable bonds is 6. The highest BCUT2D eigenvalue weighted by Crippen LogP contribution is 2.35. The molecule has 2 aliphatic heterocycles. The number of halogens is 2. The molecule has 4 heterocycles. The van der Waals surface area contributed by atoms with E-state index in [1.807, 2.05) is 64.2 Å². The number of likely N-dealkylation sites (tertiary alicyclic amines) is 1. The van der Waals surface area contributed by atoms with E-state index in [9.17, 15) is 4.79 Å². The zero-order chi connectivity index (χ0) is 27.0. The number of carbonyl (C=O) groups excluding carboxylic acids is 1. The number of hydrogen-bond acceptors (Lipinski definition) is 8. The van der Waals surface area contributed by atoms with Gasteiger partial charge in [-0.05, 0) is 36.8 Å².